The summed E-state index contributed by atoms with van der Waals surface area (Å²) in [5.74, 6) is 7.36. The Morgan fingerprint density at radius 2 is 1.74 bits per heavy atom. The van der Waals surface area contributed by atoms with E-state index in [1.165, 1.54) is 19.3 Å². The molecule has 2 nitrogen and oxygen atoms in total. The van der Waals surface area contributed by atoms with Crippen molar-refractivity contribution in [3.8, 4) is 17.6 Å². The highest BCUT2D eigenvalue weighted by atomic mass is 35.5. The number of Topliss-reactive ketones (excluding diaryl/α,β-unsaturated/α-hetero) is 1. The molecule has 0 saturated carbocycles. The average molecular weight is 383 g/mol. The molecule has 0 saturated heterocycles. The van der Waals surface area contributed by atoms with Crippen molar-refractivity contribution in [2.24, 2.45) is 0 Å². The number of carbonyl (C=O) groups is 1. The Hall–Kier alpha value is -2.24. The van der Waals surface area contributed by atoms with Gasteiger partial charge in [-0.2, -0.15) is 0 Å². The quantitative estimate of drug-likeness (QED) is 0.274. The number of hydrogen-bond donors (Lipinski definition) is 0. The van der Waals surface area contributed by atoms with Crippen molar-refractivity contribution in [2.45, 2.75) is 51.4 Å². The lowest BCUT2D eigenvalue weighted by atomic mass is 9.91. The van der Waals surface area contributed by atoms with Crippen LogP contribution in [0.25, 0.3) is 0 Å². The van der Waals surface area contributed by atoms with Crippen molar-refractivity contribution in [1.29, 1.82) is 0 Å². The number of hydrogen-bond acceptors (Lipinski definition) is 2. The summed E-state index contributed by atoms with van der Waals surface area (Å²) in [7, 11) is 1.65. The SMILES string of the molecule is CCCCCCC#CC(CC(=O)c1ccc(Cl)cc1)c1ccc(OC)cc1. The Bertz CT molecular complexity index is 767. The molecule has 1 atom stereocenters. The summed E-state index contributed by atoms with van der Waals surface area (Å²) in [5.41, 5.74) is 1.71. The maximum Gasteiger partial charge on any atom is 0.164 e. The van der Waals surface area contributed by atoms with Crippen LogP contribution >= 0.6 is 11.6 Å². The summed E-state index contributed by atoms with van der Waals surface area (Å²) >= 11 is 5.92. The van der Waals surface area contributed by atoms with Crippen molar-refractivity contribution in [1.82, 2.24) is 0 Å². The summed E-state index contributed by atoms with van der Waals surface area (Å²) in [6, 6.07) is 14.8. The van der Waals surface area contributed by atoms with Crippen LogP contribution in [0.4, 0.5) is 0 Å². The molecule has 0 N–H and O–H groups in total. The van der Waals surface area contributed by atoms with Crippen LogP contribution in [-0.4, -0.2) is 12.9 Å². The fourth-order valence-electron chi connectivity index (χ4n) is 2.86. The van der Waals surface area contributed by atoms with Gasteiger partial charge >= 0.3 is 0 Å². The molecule has 0 radical (unpaired) electrons. The van der Waals surface area contributed by atoms with Gasteiger partial charge in [0.15, 0.2) is 5.78 Å². The molecule has 3 heteroatoms. The van der Waals surface area contributed by atoms with Crippen LogP contribution in [-0.2, 0) is 0 Å². The Morgan fingerprint density at radius 1 is 1.04 bits per heavy atom. The highest BCUT2D eigenvalue weighted by Crippen LogP contribution is 2.24. The van der Waals surface area contributed by atoms with Gasteiger partial charge in [-0.05, 0) is 48.4 Å². The molecule has 0 heterocycles. The van der Waals surface area contributed by atoms with Gasteiger partial charge in [0.1, 0.15) is 5.75 Å². The van der Waals surface area contributed by atoms with E-state index in [-0.39, 0.29) is 11.7 Å². The smallest absolute Gasteiger partial charge is 0.164 e. The Balaban J connectivity index is 2.11. The predicted molar refractivity (Wildman–Crippen MR) is 113 cm³/mol. The van der Waals surface area contributed by atoms with Gasteiger partial charge in [0.05, 0.1) is 13.0 Å². The lowest BCUT2D eigenvalue weighted by Crippen LogP contribution is -2.06. The molecule has 2 aromatic rings. The van der Waals surface area contributed by atoms with Crippen LogP contribution in [0, 0.1) is 11.8 Å². The molecular formula is C24H27ClO2. The first-order chi connectivity index (χ1) is 13.1. The molecule has 0 aliphatic heterocycles. The molecule has 0 amide bonds. The second-order valence-corrected chi connectivity index (χ2v) is 7.03. The number of ketones is 1. The van der Waals surface area contributed by atoms with Crippen molar-refractivity contribution in [2.75, 3.05) is 7.11 Å². The molecular weight excluding hydrogens is 356 g/mol. The van der Waals surface area contributed by atoms with Gasteiger partial charge in [0.25, 0.3) is 0 Å². The van der Waals surface area contributed by atoms with Gasteiger partial charge in [-0.3, -0.25) is 4.79 Å². The van der Waals surface area contributed by atoms with Crippen molar-refractivity contribution < 1.29 is 9.53 Å². The van der Waals surface area contributed by atoms with Crippen LogP contribution in [0.15, 0.2) is 48.5 Å². The minimum absolute atomic E-state index is 0.0766. The van der Waals surface area contributed by atoms with Gasteiger partial charge in [0.2, 0.25) is 0 Å². The fourth-order valence-corrected chi connectivity index (χ4v) is 2.99. The maximum atomic E-state index is 12.7. The van der Waals surface area contributed by atoms with E-state index in [1.807, 2.05) is 24.3 Å². The topological polar surface area (TPSA) is 26.3 Å². The largest absolute Gasteiger partial charge is 0.497 e. The molecule has 2 rings (SSSR count). The first kappa shape index (κ1) is 21.1. The average Bonchev–Trinajstić information content (AvgIpc) is 2.70. The maximum absolute atomic E-state index is 12.7. The zero-order valence-corrected chi connectivity index (χ0v) is 16.9. The first-order valence-electron chi connectivity index (χ1n) is 9.55. The summed E-state index contributed by atoms with van der Waals surface area (Å²) in [5, 5.41) is 0.630. The Morgan fingerprint density at radius 3 is 2.37 bits per heavy atom. The van der Waals surface area contributed by atoms with Gasteiger partial charge < -0.3 is 4.74 Å². The normalized spacial score (nSPS) is 11.4. The van der Waals surface area contributed by atoms with E-state index in [2.05, 4.69) is 18.8 Å². The fraction of sp³-hybridized carbons (Fsp3) is 0.375. The van der Waals surface area contributed by atoms with Crippen LogP contribution in [0.2, 0.25) is 5.02 Å². The van der Waals surface area contributed by atoms with Crippen molar-refractivity contribution in [3.05, 3.63) is 64.7 Å². The zero-order chi connectivity index (χ0) is 19.5. The van der Waals surface area contributed by atoms with E-state index in [4.69, 9.17) is 16.3 Å². The van der Waals surface area contributed by atoms with Crippen LogP contribution < -0.4 is 4.74 Å². The third-order valence-corrected chi connectivity index (χ3v) is 4.76. The third-order valence-electron chi connectivity index (χ3n) is 4.51. The molecule has 0 fully saturated rings. The van der Waals surface area contributed by atoms with E-state index in [9.17, 15) is 4.79 Å². The van der Waals surface area contributed by atoms with Gasteiger partial charge in [-0.15, -0.1) is 5.92 Å². The number of ether oxygens (including phenoxy) is 1. The number of carbonyl (C=O) groups excluding carboxylic acids is 1. The second kappa shape index (κ2) is 11.5. The summed E-state index contributed by atoms with van der Waals surface area (Å²) in [4.78, 5) is 12.7. The lowest BCUT2D eigenvalue weighted by Gasteiger charge is -2.12. The second-order valence-electron chi connectivity index (χ2n) is 6.59. The number of benzene rings is 2. The predicted octanol–water partition coefficient (Wildman–Crippen LogP) is 6.68. The minimum Gasteiger partial charge on any atom is -0.497 e. The standard InChI is InChI=1S/C24H27ClO2/c1-3-4-5-6-7-8-9-21(19-12-16-23(27-2)17-13-19)18-24(26)20-10-14-22(25)15-11-20/h10-17,21H,3-7,18H2,1-2H3. The van der Waals surface area contributed by atoms with E-state index in [0.29, 0.717) is 17.0 Å². The number of unbranched alkanes of at least 4 members (excludes halogenated alkanes) is 4. The van der Waals surface area contributed by atoms with Crippen LogP contribution in [0.1, 0.15) is 67.3 Å². The van der Waals surface area contributed by atoms with Gasteiger partial charge in [0, 0.05) is 23.4 Å². The summed E-state index contributed by atoms with van der Waals surface area (Å²) in [6.45, 7) is 2.20. The Labute approximate surface area is 167 Å². The monoisotopic (exact) mass is 382 g/mol. The molecule has 0 aliphatic rings. The molecule has 0 spiro atoms. The highest BCUT2D eigenvalue weighted by Gasteiger charge is 2.15. The third kappa shape index (κ3) is 7.12. The molecule has 2 aromatic carbocycles. The van der Waals surface area contributed by atoms with E-state index >= 15 is 0 Å². The van der Waals surface area contributed by atoms with Crippen LogP contribution in [0.5, 0.6) is 5.75 Å². The molecule has 0 aliphatic carbocycles. The molecule has 27 heavy (non-hydrogen) atoms. The zero-order valence-electron chi connectivity index (χ0n) is 16.1. The van der Waals surface area contributed by atoms with Crippen molar-refractivity contribution in [3.63, 3.8) is 0 Å². The first-order valence-corrected chi connectivity index (χ1v) is 9.93. The van der Waals surface area contributed by atoms with E-state index in [0.717, 1.165) is 24.2 Å². The van der Waals surface area contributed by atoms with E-state index < -0.39 is 0 Å². The number of halogens is 1. The van der Waals surface area contributed by atoms with E-state index in [1.54, 1.807) is 31.4 Å². The van der Waals surface area contributed by atoms with Gasteiger partial charge in [-0.1, -0.05) is 55.8 Å². The number of rotatable bonds is 9. The van der Waals surface area contributed by atoms with Crippen LogP contribution in [0.3, 0.4) is 0 Å². The van der Waals surface area contributed by atoms with Gasteiger partial charge in [-0.25, -0.2) is 0 Å². The molecule has 142 valence electrons. The molecule has 0 aromatic heterocycles. The highest BCUT2D eigenvalue weighted by molar-refractivity contribution is 6.30. The summed E-state index contributed by atoms with van der Waals surface area (Å²) in [6.07, 6.45) is 6.03. The minimum atomic E-state index is -0.120. The molecule has 1 unspecified atom stereocenters. The number of methoxy groups -OCH3 is 1. The van der Waals surface area contributed by atoms with Crippen molar-refractivity contribution >= 4 is 17.4 Å². The Kier molecular flexibility index (Phi) is 8.95. The summed E-state index contributed by atoms with van der Waals surface area (Å²) < 4.78 is 5.23. The lowest BCUT2D eigenvalue weighted by molar-refractivity contribution is 0.0979. The molecule has 0 bridgehead atoms.